The topological polar surface area (TPSA) is 84.5 Å². The third-order valence-electron chi connectivity index (χ3n) is 3.26. The molecule has 23 heavy (non-hydrogen) atoms. The molecule has 0 bridgehead atoms. The summed E-state index contributed by atoms with van der Waals surface area (Å²) in [7, 11) is 1.24. The van der Waals surface area contributed by atoms with Gasteiger partial charge in [0.25, 0.3) is 0 Å². The van der Waals surface area contributed by atoms with Gasteiger partial charge in [-0.05, 0) is 24.1 Å². The smallest absolute Gasteiger partial charge is 0.328 e. The fourth-order valence-corrected chi connectivity index (χ4v) is 2.05. The van der Waals surface area contributed by atoms with Crippen LogP contribution in [0.4, 0.5) is 4.39 Å². The van der Waals surface area contributed by atoms with Gasteiger partial charge in [-0.2, -0.15) is 0 Å². The number of carbonyl (C=O) groups is 3. The van der Waals surface area contributed by atoms with Crippen LogP contribution in [0.2, 0.25) is 0 Å². The second-order valence-corrected chi connectivity index (χ2v) is 5.08. The lowest BCUT2D eigenvalue weighted by Crippen LogP contribution is -2.52. The first-order valence-corrected chi connectivity index (χ1v) is 7.27. The van der Waals surface area contributed by atoms with E-state index in [4.69, 9.17) is 0 Å². The summed E-state index contributed by atoms with van der Waals surface area (Å²) in [5.41, 5.74) is 0.686. The maximum Gasteiger partial charge on any atom is 0.328 e. The fourth-order valence-electron chi connectivity index (χ4n) is 2.05. The molecule has 2 atom stereocenters. The number of amides is 2. The van der Waals surface area contributed by atoms with E-state index in [9.17, 15) is 18.8 Å². The fraction of sp³-hybridized carbons (Fsp3) is 0.438. The van der Waals surface area contributed by atoms with Crippen LogP contribution in [0.15, 0.2) is 24.3 Å². The first kappa shape index (κ1) is 18.6. The minimum absolute atomic E-state index is 0.184. The van der Waals surface area contributed by atoms with Gasteiger partial charge in [-0.25, -0.2) is 9.18 Å². The lowest BCUT2D eigenvalue weighted by Gasteiger charge is -2.21. The van der Waals surface area contributed by atoms with Crippen LogP contribution in [0.3, 0.4) is 0 Å². The molecule has 7 heteroatoms. The van der Waals surface area contributed by atoms with E-state index in [1.165, 1.54) is 38.3 Å². The van der Waals surface area contributed by atoms with Gasteiger partial charge in [0.15, 0.2) is 0 Å². The summed E-state index contributed by atoms with van der Waals surface area (Å²) < 4.78 is 17.6. The number of halogens is 1. The summed E-state index contributed by atoms with van der Waals surface area (Å²) in [6, 6.07) is 3.99. The molecule has 0 aliphatic rings. The minimum atomic E-state index is -0.864. The zero-order valence-electron chi connectivity index (χ0n) is 13.4. The number of rotatable bonds is 7. The van der Waals surface area contributed by atoms with Gasteiger partial charge in [0, 0.05) is 13.3 Å². The highest BCUT2D eigenvalue weighted by Crippen LogP contribution is 2.07. The van der Waals surface area contributed by atoms with E-state index in [-0.39, 0.29) is 18.1 Å². The number of nitrogens with one attached hydrogen (secondary N) is 2. The quantitative estimate of drug-likeness (QED) is 0.731. The standard InChI is InChI=1S/C16H21FN2O4/c1-4-13(16(22)23-3)19-15(21)14(18-10(2)20)9-11-5-7-12(17)8-6-11/h5-8,13-14H,4,9H2,1-3H3,(H,18,20)(H,19,21)/t13-,14+/m0/s1. The molecule has 0 aliphatic carbocycles. The molecule has 0 aliphatic heterocycles. The third-order valence-corrected chi connectivity index (χ3v) is 3.26. The van der Waals surface area contributed by atoms with E-state index in [2.05, 4.69) is 15.4 Å². The molecule has 0 spiro atoms. The summed E-state index contributed by atoms with van der Waals surface area (Å²) in [5.74, 6) is -1.81. The zero-order valence-corrected chi connectivity index (χ0v) is 13.4. The average molecular weight is 324 g/mol. The Morgan fingerprint density at radius 1 is 1.13 bits per heavy atom. The molecule has 0 saturated heterocycles. The minimum Gasteiger partial charge on any atom is -0.467 e. The Balaban J connectivity index is 2.83. The molecule has 0 unspecified atom stereocenters. The Hall–Kier alpha value is -2.44. The molecule has 2 N–H and O–H groups in total. The molecular weight excluding hydrogens is 303 g/mol. The van der Waals surface area contributed by atoms with Crippen LogP contribution in [0.1, 0.15) is 25.8 Å². The molecule has 1 aromatic carbocycles. The van der Waals surface area contributed by atoms with E-state index < -0.39 is 24.0 Å². The van der Waals surface area contributed by atoms with Gasteiger partial charge in [-0.1, -0.05) is 19.1 Å². The highest BCUT2D eigenvalue weighted by Gasteiger charge is 2.25. The molecule has 2 amide bonds. The van der Waals surface area contributed by atoms with Crippen molar-refractivity contribution in [3.63, 3.8) is 0 Å². The second-order valence-electron chi connectivity index (χ2n) is 5.08. The Labute approximate surface area is 134 Å². The Bertz CT molecular complexity index is 560. The van der Waals surface area contributed by atoms with Gasteiger partial charge >= 0.3 is 5.97 Å². The molecule has 1 rings (SSSR count). The van der Waals surface area contributed by atoms with E-state index in [1.54, 1.807) is 6.92 Å². The molecule has 0 saturated carbocycles. The SMILES string of the molecule is CC[C@H](NC(=O)[C@@H](Cc1ccc(F)cc1)NC(C)=O)C(=O)OC. The summed E-state index contributed by atoms with van der Waals surface area (Å²) in [4.78, 5) is 35.2. The number of methoxy groups -OCH3 is 1. The van der Waals surface area contributed by atoms with Crippen LogP contribution < -0.4 is 10.6 Å². The summed E-state index contributed by atoms with van der Waals surface area (Å²) in [6.07, 6.45) is 0.547. The largest absolute Gasteiger partial charge is 0.467 e. The van der Waals surface area contributed by atoms with Crippen molar-refractivity contribution in [1.29, 1.82) is 0 Å². The van der Waals surface area contributed by atoms with Gasteiger partial charge in [0.05, 0.1) is 7.11 Å². The molecule has 6 nitrogen and oxygen atoms in total. The third kappa shape index (κ3) is 6.06. The summed E-state index contributed by atoms with van der Waals surface area (Å²) in [5, 5.41) is 5.08. The van der Waals surface area contributed by atoms with Gasteiger partial charge in [-0.15, -0.1) is 0 Å². The van der Waals surface area contributed by atoms with Crippen LogP contribution >= 0.6 is 0 Å². The van der Waals surface area contributed by atoms with Crippen molar-refractivity contribution in [1.82, 2.24) is 10.6 Å². The van der Waals surface area contributed by atoms with Gasteiger partial charge < -0.3 is 15.4 Å². The molecule has 0 fully saturated rings. The normalized spacial score (nSPS) is 12.9. The van der Waals surface area contributed by atoms with E-state index in [0.29, 0.717) is 12.0 Å². The van der Waals surface area contributed by atoms with E-state index >= 15 is 0 Å². The van der Waals surface area contributed by atoms with Crippen molar-refractivity contribution in [2.75, 3.05) is 7.11 Å². The molecule has 0 aromatic heterocycles. The van der Waals surface area contributed by atoms with Crippen LogP contribution in [-0.2, 0) is 25.5 Å². The molecule has 0 radical (unpaired) electrons. The number of hydrogen-bond acceptors (Lipinski definition) is 4. The van der Waals surface area contributed by atoms with Crippen LogP contribution in [0, 0.1) is 5.82 Å². The van der Waals surface area contributed by atoms with Crippen LogP contribution in [-0.4, -0.2) is 37.0 Å². The monoisotopic (exact) mass is 324 g/mol. The number of hydrogen-bond donors (Lipinski definition) is 2. The zero-order chi connectivity index (χ0) is 17.4. The lowest BCUT2D eigenvalue weighted by molar-refractivity contribution is -0.145. The average Bonchev–Trinajstić information content (AvgIpc) is 2.52. The highest BCUT2D eigenvalue weighted by atomic mass is 19.1. The summed E-state index contributed by atoms with van der Waals surface area (Å²) in [6.45, 7) is 3.03. The van der Waals surface area contributed by atoms with Crippen molar-refractivity contribution < 1.29 is 23.5 Å². The Morgan fingerprint density at radius 3 is 2.22 bits per heavy atom. The second kappa shape index (κ2) is 8.87. The first-order valence-electron chi connectivity index (χ1n) is 7.27. The van der Waals surface area contributed by atoms with E-state index in [0.717, 1.165) is 0 Å². The predicted molar refractivity (Wildman–Crippen MR) is 81.9 cm³/mol. The van der Waals surface area contributed by atoms with Crippen molar-refractivity contribution in [3.05, 3.63) is 35.6 Å². The van der Waals surface area contributed by atoms with E-state index in [1.807, 2.05) is 0 Å². The maximum absolute atomic E-state index is 12.9. The molecular formula is C16H21FN2O4. The predicted octanol–water partition coefficient (Wildman–Crippen LogP) is 0.941. The number of benzene rings is 1. The van der Waals surface area contributed by atoms with Crippen molar-refractivity contribution in [3.8, 4) is 0 Å². The molecule has 0 heterocycles. The van der Waals surface area contributed by atoms with Gasteiger partial charge in [0.2, 0.25) is 11.8 Å². The number of esters is 1. The van der Waals surface area contributed by atoms with Crippen LogP contribution in [0.25, 0.3) is 0 Å². The van der Waals surface area contributed by atoms with Gasteiger partial charge in [-0.3, -0.25) is 9.59 Å². The maximum atomic E-state index is 12.9. The highest BCUT2D eigenvalue weighted by molar-refractivity contribution is 5.90. The Morgan fingerprint density at radius 2 is 1.74 bits per heavy atom. The van der Waals surface area contributed by atoms with Crippen molar-refractivity contribution in [2.24, 2.45) is 0 Å². The molecule has 126 valence electrons. The van der Waals surface area contributed by atoms with Crippen molar-refractivity contribution >= 4 is 17.8 Å². The number of ether oxygens (including phenoxy) is 1. The van der Waals surface area contributed by atoms with Gasteiger partial charge in [0.1, 0.15) is 17.9 Å². The van der Waals surface area contributed by atoms with Crippen molar-refractivity contribution in [2.45, 2.75) is 38.8 Å². The first-order chi connectivity index (χ1) is 10.9. The summed E-state index contributed by atoms with van der Waals surface area (Å²) >= 11 is 0. The Kier molecular flexibility index (Phi) is 7.18. The lowest BCUT2D eigenvalue weighted by atomic mass is 10.0. The van der Waals surface area contributed by atoms with Crippen LogP contribution in [0.5, 0.6) is 0 Å². The number of carbonyl (C=O) groups excluding carboxylic acids is 3. The molecule has 1 aromatic rings.